The van der Waals surface area contributed by atoms with Gasteiger partial charge in [-0.05, 0) is 12.8 Å². The normalized spacial score (nSPS) is 29.0. The third-order valence-electron chi connectivity index (χ3n) is 2.32. The van der Waals surface area contributed by atoms with Crippen LogP contribution in [0.15, 0.2) is 0 Å². The second kappa shape index (κ2) is 4.80. The number of aliphatic hydroxyl groups is 1. The van der Waals surface area contributed by atoms with Gasteiger partial charge in [-0.15, -0.1) is 0 Å². The Morgan fingerprint density at radius 2 is 2.08 bits per heavy atom. The molecule has 0 unspecified atom stereocenters. The molecule has 0 aromatic carbocycles. The highest BCUT2D eigenvalue weighted by Crippen LogP contribution is 2.18. The van der Waals surface area contributed by atoms with Gasteiger partial charge in [-0.25, -0.2) is 0 Å². The minimum Gasteiger partial charge on any atom is -0.392 e. The van der Waals surface area contributed by atoms with E-state index < -0.39 is 0 Å². The molecule has 0 aliphatic heterocycles. The molecule has 0 radical (unpaired) electrons. The Balaban J connectivity index is 1.89. The van der Waals surface area contributed by atoms with E-state index in [0.29, 0.717) is 12.1 Å². The van der Waals surface area contributed by atoms with Gasteiger partial charge in [-0.2, -0.15) is 0 Å². The molecule has 3 nitrogen and oxygen atoms in total. The van der Waals surface area contributed by atoms with E-state index in [0.717, 1.165) is 25.9 Å². The third kappa shape index (κ3) is 3.09. The van der Waals surface area contributed by atoms with Crippen LogP contribution in [0.4, 0.5) is 0 Å². The minimum absolute atomic E-state index is 0.0935. The molecular weight excluding hydrogens is 152 g/mol. The van der Waals surface area contributed by atoms with Gasteiger partial charge in [-0.3, -0.25) is 0 Å². The van der Waals surface area contributed by atoms with Crippen molar-refractivity contribution in [2.45, 2.75) is 44.9 Å². The van der Waals surface area contributed by atoms with Gasteiger partial charge in [0, 0.05) is 25.2 Å². The highest BCUT2D eigenvalue weighted by atomic mass is 16.3. The molecule has 12 heavy (non-hydrogen) atoms. The first kappa shape index (κ1) is 9.96. The van der Waals surface area contributed by atoms with E-state index in [1.54, 1.807) is 0 Å². The summed E-state index contributed by atoms with van der Waals surface area (Å²) in [5.74, 6) is 0. The van der Waals surface area contributed by atoms with E-state index in [1.165, 1.54) is 0 Å². The Kier molecular flexibility index (Phi) is 3.98. The highest BCUT2D eigenvalue weighted by Gasteiger charge is 2.27. The first-order valence-electron chi connectivity index (χ1n) is 4.85. The number of aliphatic hydroxyl groups excluding tert-OH is 1. The Morgan fingerprint density at radius 1 is 1.33 bits per heavy atom. The van der Waals surface area contributed by atoms with Crippen LogP contribution in [0.25, 0.3) is 0 Å². The summed E-state index contributed by atoms with van der Waals surface area (Å²) in [7, 11) is 0. The molecule has 0 heterocycles. The maximum atomic E-state index is 9.23. The van der Waals surface area contributed by atoms with Gasteiger partial charge in [-0.1, -0.05) is 13.8 Å². The average molecular weight is 172 g/mol. The van der Waals surface area contributed by atoms with Gasteiger partial charge in [0.1, 0.15) is 0 Å². The molecule has 3 N–H and O–H groups in total. The molecule has 0 aromatic heterocycles. The first-order valence-corrected chi connectivity index (χ1v) is 4.85. The van der Waals surface area contributed by atoms with E-state index in [1.807, 2.05) is 0 Å². The Labute approximate surface area is 74.5 Å². The van der Waals surface area contributed by atoms with Crippen molar-refractivity contribution in [2.24, 2.45) is 0 Å². The van der Waals surface area contributed by atoms with Crippen LogP contribution in [0.1, 0.15) is 26.7 Å². The standard InChI is InChI=1S/C9H20N2O/c1-7(2)10-5-6-11-8-3-4-9(8)12/h7-12H,3-6H2,1-2H3/t8-,9-/m1/s1. The van der Waals surface area contributed by atoms with Crippen molar-refractivity contribution in [3.63, 3.8) is 0 Å². The van der Waals surface area contributed by atoms with Gasteiger partial charge in [0.05, 0.1) is 6.10 Å². The van der Waals surface area contributed by atoms with Crippen LogP contribution in [-0.4, -0.2) is 36.4 Å². The number of hydrogen-bond acceptors (Lipinski definition) is 3. The lowest BCUT2D eigenvalue weighted by molar-refractivity contribution is 0.0504. The van der Waals surface area contributed by atoms with E-state index in [9.17, 15) is 5.11 Å². The number of hydrogen-bond donors (Lipinski definition) is 3. The summed E-state index contributed by atoms with van der Waals surface area (Å²) in [6, 6.07) is 0.914. The summed E-state index contributed by atoms with van der Waals surface area (Å²) in [6.45, 7) is 6.22. The number of nitrogens with one attached hydrogen (secondary N) is 2. The van der Waals surface area contributed by atoms with E-state index in [2.05, 4.69) is 24.5 Å². The lowest BCUT2D eigenvalue weighted by Crippen LogP contribution is -2.49. The second-order valence-corrected chi connectivity index (χ2v) is 3.81. The fourth-order valence-corrected chi connectivity index (χ4v) is 1.34. The van der Waals surface area contributed by atoms with Gasteiger partial charge >= 0.3 is 0 Å². The lowest BCUT2D eigenvalue weighted by atomic mass is 9.89. The second-order valence-electron chi connectivity index (χ2n) is 3.81. The van der Waals surface area contributed by atoms with Crippen LogP contribution in [0.3, 0.4) is 0 Å². The molecule has 0 amide bonds. The SMILES string of the molecule is CC(C)NCCN[C@@H]1CC[C@H]1O. The molecule has 2 atom stereocenters. The number of rotatable bonds is 5. The largest absolute Gasteiger partial charge is 0.392 e. The molecule has 0 bridgehead atoms. The highest BCUT2D eigenvalue weighted by molar-refractivity contribution is 4.86. The molecule has 1 aliphatic carbocycles. The smallest absolute Gasteiger partial charge is 0.0693 e. The quantitative estimate of drug-likeness (QED) is 0.515. The maximum absolute atomic E-state index is 9.23. The Morgan fingerprint density at radius 3 is 2.50 bits per heavy atom. The summed E-state index contributed by atoms with van der Waals surface area (Å²) in [5.41, 5.74) is 0. The fourth-order valence-electron chi connectivity index (χ4n) is 1.34. The molecule has 1 aliphatic rings. The van der Waals surface area contributed by atoms with Crippen molar-refractivity contribution in [3.8, 4) is 0 Å². The molecule has 72 valence electrons. The van der Waals surface area contributed by atoms with Crippen LogP contribution >= 0.6 is 0 Å². The van der Waals surface area contributed by atoms with Gasteiger partial charge in [0.25, 0.3) is 0 Å². The molecule has 0 saturated heterocycles. The van der Waals surface area contributed by atoms with Crippen molar-refractivity contribution >= 4 is 0 Å². The van der Waals surface area contributed by atoms with Crippen LogP contribution in [0.2, 0.25) is 0 Å². The zero-order valence-electron chi connectivity index (χ0n) is 8.01. The van der Waals surface area contributed by atoms with Crippen molar-refractivity contribution in [1.82, 2.24) is 10.6 Å². The van der Waals surface area contributed by atoms with Crippen molar-refractivity contribution in [3.05, 3.63) is 0 Å². The van der Waals surface area contributed by atoms with E-state index >= 15 is 0 Å². The summed E-state index contributed by atoms with van der Waals surface area (Å²) in [5, 5.41) is 15.9. The van der Waals surface area contributed by atoms with Crippen LogP contribution in [0.5, 0.6) is 0 Å². The predicted octanol–water partition coefficient (Wildman–Crippen LogP) is 0.0973. The molecule has 0 spiro atoms. The van der Waals surface area contributed by atoms with Crippen LogP contribution in [-0.2, 0) is 0 Å². The molecular formula is C9H20N2O. The van der Waals surface area contributed by atoms with Gasteiger partial charge in [0.15, 0.2) is 0 Å². The molecule has 0 aromatic rings. The predicted molar refractivity (Wildman–Crippen MR) is 50.2 cm³/mol. The van der Waals surface area contributed by atoms with Crippen molar-refractivity contribution < 1.29 is 5.11 Å². The van der Waals surface area contributed by atoms with Crippen molar-refractivity contribution in [2.75, 3.05) is 13.1 Å². The summed E-state index contributed by atoms with van der Waals surface area (Å²) in [4.78, 5) is 0. The van der Waals surface area contributed by atoms with Gasteiger partial charge in [0.2, 0.25) is 0 Å². The Bertz CT molecular complexity index is 128. The molecule has 1 fully saturated rings. The first-order chi connectivity index (χ1) is 5.70. The fraction of sp³-hybridized carbons (Fsp3) is 1.00. The zero-order valence-corrected chi connectivity index (χ0v) is 8.01. The third-order valence-corrected chi connectivity index (χ3v) is 2.32. The van der Waals surface area contributed by atoms with E-state index in [4.69, 9.17) is 0 Å². The average Bonchev–Trinajstić information content (AvgIpc) is 2.01. The molecule has 3 heteroatoms. The summed E-state index contributed by atoms with van der Waals surface area (Å²) >= 11 is 0. The van der Waals surface area contributed by atoms with E-state index in [-0.39, 0.29) is 6.10 Å². The summed E-state index contributed by atoms with van der Waals surface area (Å²) in [6.07, 6.45) is 2.00. The Hall–Kier alpha value is -0.120. The summed E-state index contributed by atoms with van der Waals surface area (Å²) < 4.78 is 0. The van der Waals surface area contributed by atoms with Crippen LogP contribution in [0, 0.1) is 0 Å². The minimum atomic E-state index is -0.0935. The topological polar surface area (TPSA) is 44.3 Å². The van der Waals surface area contributed by atoms with Crippen LogP contribution < -0.4 is 10.6 Å². The zero-order chi connectivity index (χ0) is 8.97. The molecule has 1 saturated carbocycles. The maximum Gasteiger partial charge on any atom is 0.0693 e. The van der Waals surface area contributed by atoms with Crippen molar-refractivity contribution in [1.29, 1.82) is 0 Å². The monoisotopic (exact) mass is 172 g/mol. The lowest BCUT2D eigenvalue weighted by Gasteiger charge is -2.33. The van der Waals surface area contributed by atoms with Gasteiger partial charge < -0.3 is 15.7 Å². The molecule has 1 rings (SSSR count).